The Morgan fingerprint density at radius 1 is 1.06 bits per heavy atom. The van der Waals surface area contributed by atoms with Crippen LogP contribution in [0.5, 0.6) is 0 Å². The number of nitrogens with zero attached hydrogens (tertiary/aromatic N) is 2. The summed E-state index contributed by atoms with van der Waals surface area (Å²) in [5.74, 6) is 6.22. The average molecular weight is 498 g/mol. The SMILES string of the molecule is Nc1nccc2[nH]c(C3=CCN(C(=O)c4ccc(C#Cc5ccccc5S(N)(=O)=O)cc4)CC3)cc12. The lowest BCUT2D eigenvalue weighted by Crippen LogP contribution is -2.34. The summed E-state index contributed by atoms with van der Waals surface area (Å²) in [7, 11) is -3.87. The van der Waals surface area contributed by atoms with E-state index in [9.17, 15) is 13.2 Å². The fourth-order valence-electron chi connectivity index (χ4n) is 4.18. The molecule has 0 spiro atoms. The van der Waals surface area contributed by atoms with E-state index in [4.69, 9.17) is 10.9 Å². The van der Waals surface area contributed by atoms with Crippen LogP contribution >= 0.6 is 0 Å². The van der Waals surface area contributed by atoms with E-state index in [1.165, 1.54) is 6.07 Å². The van der Waals surface area contributed by atoms with Gasteiger partial charge >= 0.3 is 0 Å². The number of nitrogens with one attached hydrogen (secondary N) is 1. The molecule has 0 radical (unpaired) electrons. The van der Waals surface area contributed by atoms with E-state index < -0.39 is 10.0 Å². The maximum Gasteiger partial charge on any atom is 0.254 e. The Morgan fingerprint density at radius 2 is 1.83 bits per heavy atom. The third kappa shape index (κ3) is 4.73. The van der Waals surface area contributed by atoms with Gasteiger partial charge in [0.05, 0.1) is 10.4 Å². The number of sulfonamides is 1. The molecule has 5 N–H and O–H groups in total. The van der Waals surface area contributed by atoms with Crippen molar-refractivity contribution in [3.63, 3.8) is 0 Å². The van der Waals surface area contributed by atoms with Crippen LogP contribution in [0.4, 0.5) is 5.82 Å². The van der Waals surface area contributed by atoms with E-state index in [0.29, 0.717) is 35.6 Å². The quantitative estimate of drug-likeness (QED) is 0.374. The molecule has 0 saturated carbocycles. The molecule has 1 aliphatic heterocycles. The fourth-order valence-corrected chi connectivity index (χ4v) is 4.88. The van der Waals surface area contributed by atoms with E-state index in [0.717, 1.165) is 28.6 Å². The van der Waals surface area contributed by atoms with Gasteiger partial charge in [-0.2, -0.15) is 0 Å². The van der Waals surface area contributed by atoms with Crippen molar-refractivity contribution in [2.75, 3.05) is 18.8 Å². The minimum Gasteiger partial charge on any atom is -0.383 e. The number of nitrogen functional groups attached to an aromatic ring is 1. The standard InChI is InChI=1S/C27H23N5O3S/c28-26-22-17-24(31-23(22)11-14-30-26)19-12-15-32(16-13-19)27(33)21-9-6-18(7-10-21)5-8-20-3-1-2-4-25(20)36(29,34)35/h1-4,6-7,9-12,14,17,31H,13,15-16H2,(H2,28,30)(H2,29,34,35). The molecule has 4 aromatic rings. The van der Waals surface area contributed by atoms with Gasteiger partial charge in [0.25, 0.3) is 5.91 Å². The van der Waals surface area contributed by atoms with Crippen LogP contribution < -0.4 is 10.9 Å². The topological polar surface area (TPSA) is 135 Å². The highest BCUT2D eigenvalue weighted by atomic mass is 32.2. The summed E-state index contributed by atoms with van der Waals surface area (Å²) in [6, 6.07) is 17.1. The van der Waals surface area contributed by atoms with Crippen LogP contribution in [0.2, 0.25) is 0 Å². The number of aromatic nitrogens is 2. The van der Waals surface area contributed by atoms with E-state index in [1.54, 1.807) is 53.6 Å². The Balaban J connectivity index is 1.28. The first-order valence-corrected chi connectivity index (χ1v) is 12.8. The van der Waals surface area contributed by atoms with Gasteiger partial charge in [0.15, 0.2) is 0 Å². The molecule has 0 atom stereocenters. The Hall–Kier alpha value is -4.39. The first-order chi connectivity index (χ1) is 17.3. The van der Waals surface area contributed by atoms with Gasteiger partial charge in [0.1, 0.15) is 5.82 Å². The number of fused-ring (bicyclic) bond motifs is 1. The predicted molar refractivity (Wildman–Crippen MR) is 139 cm³/mol. The molecule has 1 amide bonds. The molecule has 1 aliphatic rings. The average Bonchev–Trinajstić information content (AvgIpc) is 3.33. The molecular formula is C27H23N5O3S. The molecule has 2 aromatic heterocycles. The number of carbonyl (C=O) groups excluding carboxylic acids is 1. The molecular weight excluding hydrogens is 474 g/mol. The highest BCUT2D eigenvalue weighted by molar-refractivity contribution is 7.89. The van der Waals surface area contributed by atoms with Crippen molar-refractivity contribution in [2.45, 2.75) is 11.3 Å². The van der Waals surface area contributed by atoms with Crippen molar-refractivity contribution in [3.8, 4) is 11.8 Å². The number of anilines is 1. The number of nitrogens with two attached hydrogens (primary N) is 2. The number of amides is 1. The second kappa shape index (κ2) is 9.34. The van der Waals surface area contributed by atoms with Crippen molar-refractivity contribution >= 4 is 38.2 Å². The van der Waals surface area contributed by atoms with E-state index in [2.05, 4.69) is 27.9 Å². The summed E-state index contributed by atoms with van der Waals surface area (Å²) in [4.78, 5) is 22.3. The van der Waals surface area contributed by atoms with E-state index in [-0.39, 0.29) is 10.8 Å². The minimum atomic E-state index is -3.87. The predicted octanol–water partition coefficient (Wildman–Crippen LogP) is 3.12. The monoisotopic (exact) mass is 497 g/mol. The van der Waals surface area contributed by atoms with Crippen molar-refractivity contribution in [1.29, 1.82) is 0 Å². The zero-order chi connectivity index (χ0) is 25.3. The summed E-state index contributed by atoms with van der Waals surface area (Å²) in [5.41, 5.74) is 10.6. The Morgan fingerprint density at radius 3 is 2.53 bits per heavy atom. The van der Waals surface area contributed by atoms with Crippen LogP contribution in [-0.2, 0) is 10.0 Å². The number of rotatable bonds is 3. The van der Waals surface area contributed by atoms with Gasteiger partial charge in [-0.3, -0.25) is 4.79 Å². The van der Waals surface area contributed by atoms with Crippen LogP contribution in [0.3, 0.4) is 0 Å². The highest BCUT2D eigenvalue weighted by Crippen LogP contribution is 2.28. The summed E-state index contributed by atoms with van der Waals surface area (Å²) >= 11 is 0. The van der Waals surface area contributed by atoms with Gasteiger partial charge in [-0.05, 0) is 60.5 Å². The van der Waals surface area contributed by atoms with Gasteiger partial charge in [-0.25, -0.2) is 18.5 Å². The van der Waals surface area contributed by atoms with Crippen LogP contribution in [0, 0.1) is 11.8 Å². The minimum absolute atomic E-state index is 0.0191. The van der Waals surface area contributed by atoms with Crippen molar-refractivity contribution in [1.82, 2.24) is 14.9 Å². The Bertz CT molecular complexity index is 1680. The lowest BCUT2D eigenvalue weighted by molar-refractivity contribution is 0.0773. The summed E-state index contributed by atoms with van der Waals surface area (Å²) in [6.45, 7) is 1.10. The van der Waals surface area contributed by atoms with Gasteiger partial charge < -0.3 is 15.6 Å². The smallest absolute Gasteiger partial charge is 0.254 e. The molecule has 36 heavy (non-hydrogen) atoms. The first-order valence-electron chi connectivity index (χ1n) is 11.3. The van der Waals surface area contributed by atoms with Gasteiger partial charge in [-0.1, -0.05) is 30.0 Å². The van der Waals surface area contributed by atoms with Crippen molar-refractivity contribution < 1.29 is 13.2 Å². The maximum atomic E-state index is 13.0. The van der Waals surface area contributed by atoms with Gasteiger partial charge in [0, 0.05) is 47.1 Å². The Labute approximate surface area is 208 Å². The zero-order valence-electron chi connectivity index (χ0n) is 19.2. The number of aromatic amines is 1. The number of hydrogen-bond acceptors (Lipinski definition) is 5. The number of hydrogen-bond donors (Lipinski definition) is 3. The van der Waals surface area contributed by atoms with Crippen molar-refractivity contribution in [3.05, 3.63) is 95.3 Å². The van der Waals surface area contributed by atoms with Crippen LogP contribution in [0.15, 0.2) is 77.8 Å². The molecule has 0 bridgehead atoms. The van der Waals surface area contributed by atoms with E-state index in [1.807, 2.05) is 12.1 Å². The molecule has 2 aromatic carbocycles. The third-order valence-corrected chi connectivity index (χ3v) is 7.06. The fraction of sp³-hybridized carbons (Fsp3) is 0.111. The first kappa shape index (κ1) is 23.4. The molecule has 0 aliphatic carbocycles. The zero-order valence-corrected chi connectivity index (χ0v) is 20.0. The maximum absolute atomic E-state index is 13.0. The van der Waals surface area contributed by atoms with Gasteiger partial charge in [-0.15, -0.1) is 0 Å². The molecule has 0 saturated heterocycles. The van der Waals surface area contributed by atoms with E-state index >= 15 is 0 Å². The lowest BCUT2D eigenvalue weighted by Gasteiger charge is -2.26. The summed E-state index contributed by atoms with van der Waals surface area (Å²) in [5, 5.41) is 6.16. The van der Waals surface area contributed by atoms with Gasteiger partial charge in [0.2, 0.25) is 10.0 Å². The largest absolute Gasteiger partial charge is 0.383 e. The second-order valence-electron chi connectivity index (χ2n) is 8.44. The molecule has 8 nitrogen and oxygen atoms in total. The number of H-pyrrole nitrogens is 1. The van der Waals surface area contributed by atoms with Crippen LogP contribution in [0.25, 0.3) is 16.5 Å². The molecule has 5 rings (SSSR count). The molecule has 3 heterocycles. The molecule has 9 heteroatoms. The highest BCUT2D eigenvalue weighted by Gasteiger charge is 2.20. The van der Waals surface area contributed by atoms with Crippen LogP contribution in [0.1, 0.15) is 33.6 Å². The number of primary sulfonamides is 1. The molecule has 180 valence electrons. The molecule has 0 unspecified atom stereocenters. The number of carbonyl (C=O) groups is 1. The van der Waals surface area contributed by atoms with Crippen LogP contribution in [-0.4, -0.2) is 42.3 Å². The number of benzene rings is 2. The normalized spacial score (nSPS) is 13.7. The summed E-state index contributed by atoms with van der Waals surface area (Å²) < 4.78 is 23.5. The Kier molecular flexibility index (Phi) is 6.06. The lowest BCUT2D eigenvalue weighted by atomic mass is 10.0. The van der Waals surface area contributed by atoms with Crippen molar-refractivity contribution in [2.24, 2.45) is 5.14 Å². The third-order valence-electron chi connectivity index (χ3n) is 6.09. The second-order valence-corrected chi connectivity index (χ2v) is 9.97. The number of pyridine rings is 1. The molecule has 0 fully saturated rings. The summed E-state index contributed by atoms with van der Waals surface area (Å²) in [6.07, 6.45) is 4.45.